The Kier molecular flexibility index (Phi) is 8.39. The van der Waals surface area contributed by atoms with Crippen LogP contribution in [-0.4, -0.2) is 44.8 Å². The van der Waals surface area contributed by atoms with Gasteiger partial charge >= 0.3 is 13.6 Å². The molecular weight excluding hydrogens is 343 g/mol. The molecular formula is C14H23O7PS. The molecule has 1 aromatic heterocycles. The summed E-state index contributed by atoms with van der Waals surface area (Å²) in [6.45, 7) is 3.89. The highest BCUT2D eigenvalue weighted by molar-refractivity contribution is 7.54. The van der Waals surface area contributed by atoms with E-state index in [2.05, 4.69) is 0 Å². The van der Waals surface area contributed by atoms with E-state index in [1.54, 1.807) is 13.8 Å². The van der Waals surface area contributed by atoms with E-state index in [0.717, 1.165) is 0 Å². The van der Waals surface area contributed by atoms with Crippen LogP contribution in [0.1, 0.15) is 41.2 Å². The van der Waals surface area contributed by atoms with Crippen molar-refractivity contribution in [1.82, 2.24) is 0 Å². The SMILES string of the molecule is CCOP(=O)(OCC)C(CC(OC)OC)c1cc(C(=O)O)cs1. The van der Waals surface area contributed by atoms with Crippen molar-refractivity contribution in [2.75, 3.05) is 27.4 Å². The van der Waals surface area contributed by atoms with Crippen molar-refractivity contribution < 1.29 is 33.0 Å². The topological polar surface area (TPSA) is 91.3 Å². The lowest BCUT2D eigenvalue weighted by atomic mass is 10.2. The Morgan fingerprint density at radius 3 is 2.22 bits per heavy atom. The van der Waals surface area contributed by atoms with Gasteiger partial charge in [-0.15, -0.1) is 11.3 Å². The van der Waals surface area contributed by atoms with Gasteiger partial charge in [0.25, 0.3) is 0 Å². The first-order valence-electron chi connectivity index (χ1n) is 7.17. The maximum atomic E-state index is 13.2. The molecule has 1 rings (SSSR count). The van der Waals surface area contributed by atoms with E-state index in [4.69, 9.17) is 23.6 Å². The Balaban J connectivity index is 3.22. The maximum absolute atomic E-state index is 13.2. The monoisotopic (exact) mass is 366 g/mol. The number of hydrogen-bond donors (Lipinski definition) is 1. The number of carboxylic acid groups (broad SMARTS) is 1. The molecule has 23 heavy (non-hydrogen) atoms. The fourth-order valence-corrected chi connectivity index (χ4v) is 5.51. The minimum Gasteiger partial charge on any atom is -0.478 e. The second-order valence-corrected chi connectivity index (χ2v) is 7.73. The van der Waals surface area contributed by atoms with Gasteiger partial charge < -0.3 is 23.6 Å². The molecule has 7 nitrogen and oxygen atoms in total. The molecule has 0 aliphatic rings. The molecule has 1 unspecified atom stereocenters. The summed E-state index contributed by atoms with van der Waals surface area (Å²) in [5.74, 6) is -1.04. The summed E-state index contributed by atoms with van der Waals surface area (Å²) in [5.41, 5.74) is -0.522. The van der Waals surface area contributed by atoms with Gasteiger partial charge in [0.1, 0.15) is 5.66 Å². The zero-order valence-electron chi connectivity index (χ0n) is 13.7. The molecule has 1 heterocycles. The fourth-order valence-electron chi connectivity index (χ4n) is 2.09. The van der Waals surface area contributed by atoms with Gasteiger partial charge in [-0.1, -0.05) is 0 Å². The molecule has 1 N–H and O–H groups in total. The lowest BCUT2D eigenvalue weighted by Crippen LogP contribution is -2.18. The summed E-state index contributed by atoms with van der Waals surface area (Å²) in [6.07, 6.45) is -0.381. The number of thiophene rings is 1. The minimum absolute atomic E-state index is 0.140. The van der Waals surface area contributed by atoms with Crippen LogP contribution in [0.2, 0.25) is 0 Å². The third kappa shape index (κ3) is 5.38. The zero-order chi connectivity index (χ0) is 17.5. The standard InChI is InChI=1S/C14H23O7PS/c1-5-20-22(17,21-6-2)11(8-13(18-3)19-4)12-7-10(9-23-12)14(15)16/h7,9,11,13H,5-6,8H2,1-4H3,(H,15,16). The van der Waals surface area contributed by atoms with E-state index < -0.39 is 25.5 Å². The van der Waals surface area contributed by atoms with Crippen LogP contribution in [0, 0.1) is 0 Å². The van der Waals surface area contributed by atoms with E-state index in [1.807, 2.05) is 0 Å². The molecule has 0 radical (unpaired) electrons. The van der Waals surface area contributed by atoms with Crippen LogP contribution in [0.3, 0.4) is 0 Å². The van der Waals surface area contributed by atoms with Crippen LogP contribution in [0.4, 0.5) is 0 Å². The van der Waals surface area contributed by atoms with Crippen LogP contribution >= 0.6 is 18.9 Å². The second-order valence-electron chi connectivity index (χ2n) is 4.57. The third-order valence-corrected chi connectivity index (χ3v) is 6.85. The summed E-state index contributed by atoms with van der Waals surface area (Å²) in [7, 11) is -0.530. The van der Waals surface area contributed by atoms with Crippen molar-refractivity contribution in [3.05, 3.63) is 21.9 Å². The maximum Gasteiger partial charge on any atom is 0.339 e. The number of aromatic carboxylic acids is 1. The Bertz CT molecular complexity index is 531. The van der Waals surface area contributed by atoms with Crippen molar-refractivity contribution >= 4 is 24.9 Å². The lowest BCUT2D eigenvalue weighted by molar-refractivity contribution is -0.107. The van der Waals surface area contributed by atoms with Gasteiger partial charge in [-0.2, -0.15) is 0 Å². The smallest absolute Gasteiger partial charge is 0.339 e. The van der Waals surface area contributed by atoms with E-state index >= 15 is 0 Å². The molecule has 132 valence electrons. The van der Waals surface area contributed by atoms with Gasteiger partial charge in [-0.3, -0.25) is 4.57 Å². The van der Waals surface area contributed by atoms with Gasteiger partial charge in [0, 0.05) is 30.9 Å². The minimum atomic E-state index is -3.49. The molecule has 9 heteroatoms. The summed E-state index contributed by atoms with van der Waals surface area (Å²) < 4.78 is 34.4. The van der Waals surface area contributed by atoms with Crippen molar-refractivity contribution in [3.63, 3.8) is 0 Å². The van der Waals surface area contributed by atoms with Crippen molar-refractivity contribution in [3.8, 4) is 0 Å². The normalized spacial score (nSPS) is 13.4. The Morgan fingerprint density at radius 1 is 1.26 bits per heavy atom. The van der Waals surface area contributed by atoms with Gasteiger partial charge in [0.15, 0.2) is 6.29 Å². The van der Waals surface area contributed by atoms with Crippen molar-refractivity contribution in [1.29, 1.82) is 0 Å². The number of carboxylic acids is 1. The number of ether oxygens (including phenoxy) is 2. The molecule has 0 saturated heterocycles. The molecule has 0 bridgehead atoms. The van der Waals surface area contributed by atoms with E-state index in [1.165, 1.54) is 37.0 Å². The number of hydrogen-bond acceptors (Lipinski definition) is 7. The fraction of sp³-hybridized carbons (Fsp3) is 0.643. The number of carbonyl (C=O) groups is 1. The van der Waals surface area contributed by atoms with E-state index in [-0.39, 0.29) is 25.2 Å². The zero-order valence-corrected chi connectivity index (χ0v) is 15.4. The average Bonchev–Trinajstić information content (AvgIpc) is 2.98. The van der Waals surface area contributed by atoms with Crippen LogP contribution < -0.4 is 0 Å². The van der Waals surface area contributed by atoms with Crippen LogP contribution in [0.15, 0.2) is 11.4 Å². The van der Waals surface area contributed by atoms with Crippen LogP contribution in [0.25, 0.3) is 0 Å². The number of rotatable bonds is 11. The predicted octanol–water partition coefficient (Wildman–Crippen LogP) is 3.76. The summed E-state index contributed by atoms with van der Waals surface area (Å²) in [5, 5.41) is 10.6. The first-order valence-corrected chi connectivity index (χ1v) is 9.67. The number of methoxy groups -OCH3 is 2. The van der Waals surface area contributed by atoms with E-state index in [9.17, 15) is 9.36 Å². The first-order chi connectivity index (χ1) is 10.9. The second kappa shape index (κ2) is 9.52. The van der Waals surface area contributed by atoms with Crippen molar-refractivity contribution in [2.24, 2.45) is 0 Å². The highest BCUT2D eigenvalue weighted by atomic mass is 32.1. The molecule has 0 saturated carbocycles. The third-order valence-electron chi connectivity index (χ3n) is 3.14. The van der Waals surface area contributed by atoms with Crippen molar-refractivity contribution in [2.45, 2.75) is 32.2 Å². The van der Waals surface area contributed by atoms with Crippen LogP contribution in [0.5, 0.6) is 0 Å². The van der Waals surface area contributed by atoms with Crippen LogP contribution in [-0.2, 0) is 23.1 Å². The predicted molar refractivity (Wildman–Crippen MR) is 87.3 cm³/mol. The molecule has 0 spiro atoms. The molecule has 0 fully saturated rings. The summed E-state index contributed by atoms with van der Waals surface area (Å²) in [4.78, 5) is 11.7. The highest BCUT2D eigenvalue weighted by Gasteiger charge is 2.39. The molecule has 1 atom stereocenters. The molecule has 0 aliphatic heterocycles. The van der Waals surface area contributed by atoms with Gasteiger partial charge in [0.2, 0.25) is 0 Å². The molecule has 1 aromatic rings. The highest BCUT2D eigenvalue weighted by Crippen LogP contribution is 2.63. The Morgan fingerprint density at radius 2 is 1.83 bits per heavy atom. The molecule has 0 aromatic carbocycles. The summed E-state index contributed by atoms with van der Waals surface area (Å²) >= 11 is 1.20. The molecule has 0 aliphatic carbocycles. The van der Waals surface area contributed by atoms with E-state index in [0.29, 0.717) is 4.88 Å². The first kappa shape index (κ1) is 20.3. The lowest BCUT2D eigenvalue weighted by Gasteiger charge is -2.27. The largest absolute Gasteiger partial charge is 0.478 e. The Hall–Kier alpha value is -0.760. The van der Waals surface area contributed by atoms with Gasteiger partial charge in [-0.25, -0.2) is 4.79 Å². The Labute approximate surface area is 140 Å². The molecule has 0 amide bonds. The van der Waals surface area contributed by atoms with Gasteiger partial charge in [0.05, 0.1) is 18.8 Å². The quantitative estimate of drug-likeness (QED) is 0.471. The summed E-state index contributed by atoms with van der Waals surface area (Å²) in [6, 6.07) is 1.49. The average molecular weight is 366 g/mol. The van der Waals surface area contributed by atoms with Gasteiger partial charge in [-0.05, 0) is 19.9 Å².